The van der Waals surface area contributed by atoms with E-state index in [4.69, 9.17) is 0 Å². The Kier molecular flexibility index (Phi) is 4.77. The minimum absolute atomic E-state index is 0.836. The summed E-state index contributed by atoms with van der Waals surface area (Å²) < 4.78 is 0. The van der Waals surface area contributed by atoms with Crippen molar-refractivity contribution < 1.29 is 0 Å². The SMILES string of the molecule is CC(C)=NN(C)c1ccc(NCc2ccccc2)cc1. The van der Waals surface area contributed by atoms with Gasteiger partial charge in [0.2, 0.25) is 0 Å². The fourth-order valence-corrected chi connectivity index (χ4v) is 1.95. The van der Waals surface area contributed by atoms with Gasteiger partial charge in [-0.15, -0.1) is 0 Å². The van der Waals surface area contributed by atoms with Crippen LogP contribution in [0.5, 0.6) is 0 Å². The fourth-order valence-electron chi connectivity index (χ4n) is 1.95. The first-order valence-corrected chi connectivity index (χ1v) is 6.78. The minimum Gasteiger partial charge on any atom is -0.381 e. The zero-order chi connectivity index (χ0) is 14.4. The van der Waals surface area contributed by atoms with Gasteiger partial charge in [0.05, 0.1) is 5.69 Å². The van der Waals surface area contributed by atoms with Crippen molar-refractivity contribution in [3.05, 3.63) is 60.2 Å². The maximum atomic E-state index is 4.40. The molecule has 0 radical (unpaired) electrons. The van der Waals surface area contributed by atoms with Gasteiger partial charge in [0.1, 0.15) is 0 Å². The molecule has 3 nitrogen and oxygen atoms in total. The normalized spacial score (nSPS) is 9.95. The van der Waals surface area contributed by atoms with Crippen LogP contribution < -0.4 is 10.3 Å². The molecule has 0 aliphatic carbocycles. The van der Waals surface area contributed by atoms with Gasteiger partial charge in [-0.25, -0.2) is 0 Å². The summed E-state index contributed by atoms with van der Waals surface area (Å²) in [5.74, 6) is 0. The van der Waals surface area contributed by atoms with Gasteiger partial charge in [-0.1, -0.05) is 30.3 Å². The highest BCUT2D eigenvalue weighted by molar-refractivity contribution is 5.80. The Morgan fingerprint density at radius 1 is 1.00 bits per heavy atom. The van der Waals surface area contributed by atoms with E-state index in [-0.39, 0.29) is 0 Å². The van der Waals surface area contributed by atoms with Crippen molar-refractivity contribution in [2.24, 2.45) is 5.10 Å². The standard InChI is InChI=1S/C17H21N3/c1-14(2)19-20(3)17-11-9-16(10-12-17)18-13-15-7-5-4-6-8-15/h4-12,18H,13H2,1-3H3. The quantitative estimate of drug-likeness (QED) is 0.651. The number of nitrogens with one attached hydrogen (secondary N) is 1. The molecule has 0 aromatic heterocycles. The molecule has 0 atom stereocenters. The topological polar surface area (TPSA) is 27.6 Å². The van der Waals surface area contributed by atoms with Gasteiger partial charge in [-0.05, 0) is 43.7 Å². The van der Waals surface area contributed by atoms with Crippen LogP contribution in [0.1, 0.15) is 19.4 Å². The van der Waals surface area contributed by atoms with Crippen LogP contribution in [0.25, 0.3) is 0 Å². The number of hydrogen-bond donors (Lipinski definition) is 1. The average molecular weight is 267 g/mol. The second kappa shape index (κ2) is 6.75. The Balaban J connectivity index is 1.96. The average Bonchev–Trinajstić information content (AvgIpc) is 2.46. The molecular weight excluding hydrogens is 246 g/mol. The Bertz CT molecular complexity index is 555. The summed E-state index contributed by atoms with van der Waals surface area (Å²) >= 11 is 0. The first kappa shape index (κ1) is 14.1. The van der Waals surface area contributed by atoms with Crippen molar-refractivity contribution in [2.45, 2.75) is 20.4 Å². The molecule has 104 valence electrons. The van der Waals surface area contributed by atoms with Crippen molar-refractivity contribution in [2.75, 3.05) is 17.4 Å². The van der Waals surface area contributed by atoms with Crippen LogP contribution in [0, 0.1) is 0 Å². The molecule has 0 spiro atoms. The molecule has 0 amide bonds. The summed E-state index contributed by atoms with van der Waals surface area (Å²) in [5.41, 5.74) is 4.51. The smallest absolute Gasteiger partial charge is 0.0592 e. The van der Waals surface area contributed by atoms with E-state index >= 15 is 0 Å². The lowest BCUT2D eigenvalue weighted by Crippen LogP contribution is -2.10. The van der Waals surface area contributed by atoms with Crippen molar-refractivity contribution in [1.29, 1.82) is 0 Å². The number of hydrazone groups is 1. The van der Waals surface area contributed by atoms with Crippen LogP contribution in [-0.4, -0.2) is 12.8 Å². The predicted octanol–water partition coefficient (Wildman–Crippen LogP) is 4.13. The summed E-state index contributed by atoms with van der Waals surface area (Å²) in [6.45, 7) is 4.82. The van der Waals surface area contributed by atoms with E-state index in [1.807, 2.05) is 32.0 Å². The van der Waals surface area contributed by atoms with E-state index in [1.54, 1.807) is 0 Å². The molecule has 0 bridgehead atoms. The van der Waals surface area contributed by atoms with Gasteiger partial charge in [-0.2, -0.15) is 5.10 Å². The molecule has 0 saturated heterocycles. The zero-order valence-corrected chi connectivity index (χ0v) is 12.3. The lowest BCUT2D eigenvalue weighted by Gasteiger charge is -2.14. The fraction of sp³-hybridized carbons (Fsp3) is 0.235. The largest absolute Gasteiger partial charge is 0.381 e. The summed E-state index contributed by atoms with van der Waals surface area (Å²) in [6, 6.07) is 18.7. The van der Waals surface area contributed by atoms with Crippen LogP contribution in [0.3, 0.4) is 0 Å². The van der Waals surface area contributed by atoms with E-state index < -0.39 is 0 Å². The molecule has 3 heteroatoms. The molecule has 0 aliphatic heterocycles. The Morgan fingerprint density at radius 2 is 1.65 bits per heavy atom. The van der Waals surface area contributed by atoms with E-state index in [9.17, 15) is 0 Å². The summed E-state index contributed by atoms with van der Waals surface area (Å²) in [5, 5.41) is 9.70. The number of hydrogen-bond acceptors (Lipinski definition) is 3. The van der Waals surface area contributed by atoms with Crippen LogP contribution in [0.2, 0.25) is 0 Å². The maximum Gasteiger partial charge on any atom is 0.0592 e. The molecule has 2 aromatic carbocycles. The lowest BCUT2D eigenvalue weighted by atomic mass is 10.2. The number of benzene rings is 2. The molecular formula is C17H21N3. The molecule has 0 aliphatic rings. The molecule has 0 saturated carbocycles. The molecule has 0 fully saturated rings. The highest BCUT2D eigenvalue weighted by Crippen LogP contribution is 2.17. The third-order valence-electron chi connectivity index (χ3n) is 2.93. The van der Waals surface area contributed by atoms with Gasteiger partial charge in [0.15, 0.2) is 0 Å². The molecule has 2 aromatic rings. The monoisotopic (exact) mass is 267 g/mol. The predicted molar refractivity (Wildman–Crippen MR) is 87.4 cm³/mol. The van der Waals surface area contributed by atoms with Crippen LogP contribution in [-0.2, 0) is 6.54 Å². The van der Waals surface area contributed by atoms with Gasteiger partial charge < -0.3 is 5.32 Å². The Hall–Kier alpha value is -2.29. The summed E-state index contributed by atoms with van der Waals surface area (Å²) in [6.07, 6.45) is 0. The van der Waals surface area contributed by atoms with Gasteiger partial charge >= 0.3 is 0 Å². The molecule has 0 unspecified atom stereocenters. The summed E-state index contributed by atoms with van der Waals surface area (Å²) in [4.78, 5) is 0. The lowest BCUT2D eigenvalue weighted by molar-refractivity contribution is 1.01. The van der Waals surface area contributed by atoms with E-state index in [2.05, 4.69) is 58.9 Å². The van der Waals surface area contributed by atoms with Crippen molar-refractivity contribution in [1.82, 2.24) is 0 Å². The van der Waals surface area contributed by atoms with Gasteiger partial charge in [0.25, 0.3) is 0 Å². The van der Waals surface area contributed by atoms with Crippen molar-refractivity contribution in [3.63, 3.8) is 0 Å². The van der Waals surface area contributed by atoms with Gasteiger partial charge in [-0.3, -0.25) is 5.01 Å². The zero-order valence-electron chi connectivity index (χ0n) is 12.3. The summed E-state index contributed by atoms with van der Waals surface area (Å²) in [7, 11) is 1.96. The highest BCUT2D eigenvalue weighted by Gasteiger charge is 1.99. The van der Waals surface area contributed by atoms with E-state index in [0.717, 1.165) is 23.6 Å². The Morgan fingerprint density at radius 3 is 2.25 bits per heavy atom. The minimum atomic E-state index is 0.836. The molecule has 0 heterocycles. The second-order valence-electron chi connectivity index (χ2n) is 4.96. The second-order valence-corrected chi connectivity index (χ2v) is 4.96. The van der Waals surface area contributed by atoms with Crippen LogP contribution in [0.15, 0.2) is 59.7 Å². The van der Waals surface area contributed by atoms with E-state index in [0.29, 0.717) is 0 Å². The molecule has 1 N–H and O–H groups in total. The first-order chi connectivity index (χ1) is 9.65. The van der Waals surface area contributed by atoms with Crippen molar-refractivity contribution >= 4 is 17.1 Å². The Labute approximate surface area is 120 Å². The van der Waals surface area contributed by atoms with Crippen molar-refractivity contribution in [3.8, 4) is 0 Å². The van der Waals surface area contributed by atoms with Crippen LogP contribution >= 0.6 is 0 Å². The highest BCUT2D eigenvalue weighted by atomic mass is 15.4. The van der Waals surface area contributed by atoms with Crippen LogP contribution in [0.4, 0.5) is 11.4 Å². The number of rotatable bonds is 5. The van der Waals surface area contributed by atoms with Gasteiger partial charge in [0, 0.05) is 25.0 Å². The first-order valence-electron chi connectivity index (χ1n) is 6.78. The third kappa shape index (κ3) is 4.12. The third-order valence-corrected chi connectivity index (χ3v) is 2.93. The maximum absolute atomic E-state index is 4.40. The van der Waals surface area contributed by atoms with E-state index in [1.165, 1.54) is 5.56 Å². The number of anilines is 2. The molecule has 20 heavy (non-hydrogen) atoms. The molecule has 2 rings (SSSR count). The number of nitrogens with zero attached hydrogens (tertiary/aromatic N) is 2.